The minimum atomic E-state index is -0.560. The number of hydrogen-bond donors (Lipinski definition) is 1. The SMILES string of the molecule is CN1C(=O)C(C)(C)Nc2ccc(-c3ccccc3)cc21. The summed E-state index contributed by atoms with van der Waals surface area (Å²) < 4.78 is 0. The molecule has 0 saturated carbocycles. The van der Waals surface area contributed by atoms with Crippen molar-refractivity contribution < 1.29 is 4.79 Å². The van der Waals surface area contributed by atoms with E-state index < -0.39 is 5.54 Å². The molecule has 0 aromatic heterocycles. The van der Waals surface area contributed by atoms with E-state index in [1.54, 1.807) is 4.90 Å². The molecule has 2 aromatic rings. The van der Waals surface area contributed by atoms with Crippen LogP contribution in [0.15, 0.2) is 48.5 Å². The maximum absolute atomic E-state index is 12.3. The fourth-order valence-electron chi connectivity index (χ4n) is 2.64. The van der Waals surface area contributed by atoms with Gasteiger partial charge in [-0.15, -0.1) is 0 Å². The molecule has 2 aromatic carbocycles. The predicted molar refractivity (Wildman–Crippen MR) is 83.0 cm³/mol. The summed E-state index contributed by atoms with van der Waals surface area (Å²) in [5, 5.41) is 3.30. The lowest BCUT2D eigenvalue weighted by Gasteiger charge is -2.38. The third-order valence-electron chi connectivity index (χ3n) is 3.75. The Hall–Kier alpha value is -2.29. The van der Waals surface area contributed by atoms with E-state index in [4.69, 9.17) is 0 Å². The highest BCUT2D eigenvalue weighted by molar-refractivity contribution is 6.07. The molecule has 102 valence electrons. The maximum Gasteiger partial charge on any atom is 0.251 e. The lowest BCUT2D eigenvalue weighted by molar-refractivity contribution is -0.121. The number of benzene rings is 2. The molecular formula is C17H18N2O. The number of nitrogens with zero attached hydrogens (tertiary/aromatic N) is 1. The van der Waals surface area contributed by atoms with Crippen molar-refractivity contribution in [1.29, 1.82) is 0 Å². The van der Waals surface area contributed by atoms with Crippen molar-refractivity contribution in [3.63, 3.8) is 0 Å². The number of amides is 1. The standard InChI is InChI=1S/C17H18N2O/c1-17(2)16(20)19(3)15-11-13(9-10-14(15)18-17)12-7-5-4-6-8-12/h4-11,18H,1-3H3. The summed E-state index contributed by atoms with van der Waals surface area (Å²) in [6.07, 6.45) is 0. The highest BCUT2D eigenvalue weighted by atomic mass is 16.2. The van der Waals surface area contributed by atoms with Gasteiger partial charge in [-0.05, 0) is 37.1 Å². The molecule has 1 aliphatic heterocycles. The van der Waals surface area contributed by atoms with Crippen LogP contribution in [0.5, 0.6) is 0 Å². The van der Waals surface area contributed by atoms with Gasteiger partial charge in [-0.2, -0.15) is 0 Å². The van der Waals surface area contributed by atoms with Gasteiger partial charge < -0.3 is 10.2 Å². The van der Waals surface area contributed by atoms with Crippen molar-refractivity contribution in [2.75, 3.05) is 17.3 Å². The van der Waals surface area contributed by atoms with Gasteiger partial charge in [0.05, 0.1) is 11.4 Å². The van der Waals surface area contributed by atoms with Crippen LogP contribution in [0.3, 0.4) is 0 Å². The number of carbonyl (C=O) groups excluding carboxylic acids is 1. The first-order chi connectivity index (χ1) is 9.49. The average Bonchev–Trinajstić information content (AvgIpc) is 2.45. The summed E-state index contributed by atoms with van der Waals surface area (Å²) in [6.45, 7) is 3.81. The largest absolute Gasteiger partial charge is 0.370 e. The molecule has 1 heterocycles. The molecule has 1 aliphatic rings. The molecular weight excluding hydrogens is 248 g/mol. The van der Waals surface area contributed by atoms with Gasteiger partial charge in [0.2, 0.25) is 0 Å². The monoisotopic (exact) mass is 266 g/mol. The van der Waals surface area contributed by atoms with Crippen molar-refractivity contribution in [3.05, 3.63) is 48.5 Å². The summed E-state index contributed by atoms with van der Waals surface area (Å²) in [7, 11) is 1.83. The van der Waals surface area contributed by atoms with Crippen molar-refractivity contribution in [1.82, 2.24) is 0 Å². The average molecular weight is 266 g/mol. The van der Waals surface area contributed by atoms with E-state index in [0.29, 0.717) is 0 Å². The van der Waals surface area contributed by atoms with Gasteiger partial charge in [0.1, 0.15) is 5.54 Å². The molecule has 0 atom stereocenters. The second kappa shape index (κ2) is 4.37. The van der Waals surface area contributed by atoms with E-state index in [2.05, 4.69) is 29.6 Å². The fraction of sp³-hybridized carbons (Fsp3) is 0.235. The summed E-state index contributed by atoms with van der Waals surface area (Å²) in [4.78, 5) is 14.1. The molecule has 0 aliphatic carbocycles. The number of fused-ring (bicyclic) bond motifs is 1. The quantitative estimate of drug-likeness (QED) is 0.856. The molecule has 0 radical (unpaired) electrons. The van der Waals surface area contributed by atoms with Crippen molar-refractivity contribution in [3.8, 4) is 11.1 Å². The number of hydrogen-bond acceptors (Lipinski definition) is 2. The topological polar surface area (TPSA) is 32.3 Å². The van der Waals surface area contributed by atoms with E-state index in [1.165, 1.54) is 0 Å². The molecule has 3 rings (SSSR count). The molecule has 0 bridgehead atoms. The molecule has 0 unspecified atom stereocenters. The van der Waals surface area contributed by atoms with E-state index in [-0.39, 0.29) is 5.91 Å². The molecule has 3 heteroatoms. The second-order valence-corrected chi connectivity index (χ2v) is 5.71. The normalized spacial score (nSPS) is 16.6. The summed E-state index contributed by atoms with van der Waals surface area (Å²) in [5.41, 5.74) is 3.63. The Morgan fingerprint density at radius 1 is 1.00 bits per heavy atom. The van der Waals surface area contributed by atoms with Gasteiger partial charge in [0.15, 0.2) is 0 Å². The maximum atomic E-state index is 12.3. The third-order valence-corrected chi connectivity index (χ3v) is 3.75. The Kier molecular flexibility index (Phi) is 2.78. The lowest BCUT2D eigenvalue weighted by atomic mass is 9.96. The smallest absolute Gasteiger partial charge is 0.251 e. The third kappa shape index (κ3) is 1.95. The summed E-state index contributed by atoms with van der Waals surface area (Å²) in [5.74, 6) is 0.0789. The van der Waals surface area contributed by atoms with Gasteiger partial charge in [-0.25, -0.2) is 0 Å². The van der Waals surface area contributed by atoms with Gasteiger partial charge >= 0.3 is 0 Å². The van der Waals surface area contributed by atoms with Crippen molar-refractivity contribution in [2.24, 2.45) is 0 Å². The van der Waals surface area contributed by atoms with Gasteiger partial charge in [0.25, 0.3) is 5.91 Å². The summed E-state index contributed by atoms with van der Waals surface area (Å²) in [6, 6.07) is 16.4. The number of nitrogens with one attached hydrogen (secondary N) is 1. The number of rotatable bonds is 1. The van der Waals surface area contributed by atoms with Crippen LogP contribution in [-0.4, -0.2) is 18.5 Å². The lowest BCUT2D eigenvalue weighted by Crippen LogP contribution is -2.52. The molecule has 0 fully saturated rings. The Labute approximate surface area is 119 Å². The molecule has 3 nitrogen and oxygen atoms in total. The van der Waals surface area contributed by atoms with Crippen LogP contribution < -0.4 is 10.2 Å². The Bertz CT molecular complexity index is 662. The van der Waals surface area contributed by atoms with Crippen LogP contribution in [0.1, 0.15) is 13.8 Å². The number of anilines is 2. The van der Waals surface area contributed by atoms with Crippen LogP contribution in [0.25, 0.3) is 11.1 Å². The zero-order chi connectivity index (χ0) is 14.3. The van der Waals surface area contributed by atoms with Crippen LogP contribution in [-0.2, 0) is 4.79 Å². The fourth-order valence-corrected chi connectivity index (χ4v) is 2.64. The zero-order valence-corrected chi connectivity index (χ0v) is 12.0. The van der Waals surface area contributed by atoms with Gasteiger partial charge in [-0.3, -0.25) is 4.79 Å². The minimum Gasteiger partial charge on any atom is -0.370 e. The first-order valence-electron chi connectivity index (χ1n) is 6.75. The van der Waals surface area contributed by atoms with E-state index in [1.807, 2.05) is 45.2 Å². The zero-order valence-electron chi connectivity index (χ0n) is 12.0. The first-order valence-corrected chi connectivity index (χ1v) is 6.75. The molecule has 0 saturated heterocycles. The minimum absolute atomic E-state index is 0.0789. The van der Waals surface area contributed by atoms with E-state index in [9.17, 15) is 4.79 Å². The van der Waals surface area contributed by atoms with Gasteiger partial charge in [0, 0.05) is 7.05 Å². The molecule has 1 amide bonds. The van der Waals surface area contributed by atoms with Crippen molar-refractivity contribution in [2.45, 2.75) is 19.4 Å². The first kappa shape index (κ1) is 12.7. The summed E-state index contributed by atoms with van der Waals surface area (Å²) >= 11 is 0. The Balaban J connectivity index is 2.09. The van der Waals surface area contributed by atoms with Crippen molar-refractivity contribution >= 4 is 17.3 Å². The highest BCUT2D eigenvalue weighted by Gasteiger charge is 2.36. The van der Waals surface area contributed by atoms with Crippen LogP contribution in [0.2, 0.25) is 0 Å². The molecule has 0 spiro atoms. The number of carbonyl (C=O) groups is 1. The van der Waals surface area contributed by atoms with E-state index >= 15 is 0 Å². The highest BCUT2D eigenvalue weighted by Crippen LogP contribution is 2.37. The number of likely N-dealkylation sites (N-methyl/N-ethyl adjacent to an activating group) is 1. The Morgan fingerprint density at radius 2 is 1.70 bits per heavy atom. The molecule has 1 N–H and O–H groups in total. The molecule has 20 heavy (non-hydrogen) atoms. The Morgan fingerprint density at radius 3 is 2.40 bits per heavy atom. The van der Waals surface area contributed by atoms with Crippen LogP contribution >= 0.6 is 0 Å². The van der Waals surface area contributed by atoms with Gasteiger partial charge in [-0.1, -0.05) is 36.4 Å². The predicted octanol–water partition coefficient (Wildman–Crippen LogP) is 3.52. The van der Waals surface area contributed by atoms with E-state index in [0.717, 1.165) is 22.5 Å². The van der Waals surface area contributed by atoms with Crippen LogP contribution in [0.4, 0.5) is 11.4 Å². The van der Waals surface area contributed by atoms with Crippen LogP contribution in [0, 0.1) is 0 Å². The second-order valence-electron chi connectivity index (χ2n) is 5.71.